The van der Waals surface area contributed by atoms with Crippen LogP contribution in [0.2, 0.25) is 0 Å². The first-order valence-corrected chi connectivity index (χ1v) is 8.62. The minimum atomic E-state index is -1.47. The minimum absolute atomic E-state index is 0.132. The zero-order valence-electron chi connectivity index (χ0n) is 15.0. The maximum Gasteiger partial charge on any atom is 0.328 e. The van der Waals surface area contributed by atoms with E-state index >= 15 is 0 Å². The Morgan fingerprint density at radius 3 is 2.32 bits per heavy atom. The molecule has 0 bridgehead atoms. The Hall–Kier alpha value is -3.24. The molecule has 10 heteroatoms. The Balaban J connectivity index is 2.09. The van der Waals surface area contributed by atoms with Crippen molar-refractivity contribution < 1.29 is 24.6 Å². The molecule has 2 amide bonds. The first-order valence-electron chi connectivity index (χ1n) is 8.62. The van der Waals surface area contributed by atoms with E-state index in [0.717, 1.165) is 5.56 Å². The Morgan fingerprint density at radius 2 is 1.75 bits per heavy atom. The first kappa shape index (κ1) is 21.1. The Labute approximate surface area is 161 Å². The minimum Gasteiger partial charge on any atom is -0.480 e. The molecule has 150 valence electrons. The van der Waals surface area contributed by atoms with Crippen LogP contribution >= 0.6 is 0 Å². The highest BCUT2D eigenvalue weighted by Gasteiger charge is 2.28. The van der Waals surface area contributed by atoms with Gasteiger partial charge in [-0.25, -0.2) is 9.78 Å². The highest BCUT2D eigenvalue weighted by atomic mass is 16.4. The molecule has 1 aromatic heterocycles. The topological polar surface area (TPSA) is 170 Å². The van der Waals surface area contributed by atoms with E-state index < -0.39 is 42.5 Å². The molecule has 10 nitrogen and oxygen atoms in total. The number of aliphatic hydroxyl groups is 1. The third-order valence-electron chi connectivity index (χ3n) is 4.04. The molecule has 2 rings (SSSR count). The number of imidazole rings is 1. The SMILES string of the molecule is NC(Cc1cnc[nH]1)C(=O)NC(Cc1ccccc1)C(=O)NC(CO)C(=O)O. The maximum atomic E-state index is 12.5. The summed E-state index contributed by atoms with van der Waals surface area (Å²) >= 11 is 0. The average Bonchev–Trinajstić information content (AvgIpc) is 3.18. The summed E-state index contributed by atoms with van der Waals surface area (Å²) in [5.41, 5.74) is 7.33. The van der Waals surface area contributed by atoms with Gasteiger partial charge in [0.2, 0.25) is 11.8 Å². The van der Waals surface area contributed by atoms with Gasteiger partial charge in [0.05, 0.1) is 19.0 Å². The molecule has 0 spiro atoms. The molecule has 3 atom stereocenters. The molecule has 0 aliphatic heterocycles. The van der Waals surface area contributed by atoms with Gasteiger partial charge >= 0.3 is 5.97 Å². The molecular weight excluding hydrogens is 366 g/mol. The van der Waals surface area contributed by atoms with Crippen molar-refractivity contribution in [2.45, 2.75) is 31.0 Å². The molecule has 0 aliphatic carbocycles. The number of aromatic nitrogens is 2. The molecule has 7 N–H and O–H groups in total. The number of amides is 2. The predicted molar refractivity (Wildman–Crippen MR) is 99.0 cm³/mol. The molecule has 0 radical (unpaired) electrons. The van der Waals surface area contributed by atoms with Crippen LogP contribution < -0.4 is 16.4 Å². The Kier molecular flexibility index (Phi) is 7.66. The number of benzene rings is 1. The number of rotatable bonds is 10. The zero-order chi connectivity index (χ0) is 20.5. The average molecular weight is 389 g/mol. The van der Waals surface area contributed by atoms with Crippen LogP contribution in [0.5, 0.6) is 0 Å². The third kappa shape index (κ3) is 6.18. The van der Waals surface area contributed by atoms with E-state index in [1.807, 2.05) is 6.07 Å². The molecule has 3 unspecified atom stereocenters. The fourth-order valence-corrected chi connectivity index (χ4v) is 2.52. The van der Waals surface area contributed by atoms with Crippen molar-refractivity contribution in [1.82, 2.24) is 20.6 Å². The molecule has 1 aromatic carbocycles. The third-order valence-corrected chi connectivity index (χ3v) is 4.04. The fourth-order valence-electron chi connectivity index (χ4n) is 2.52. The number of H-pyrrole nitrogens is 1. The Morgan fingerprint density at radius 1 is 1.07 bits per heavy atom. The molecular formula is C18H23N5O5. The molecule has 0 saturated carbocycles. The summed E-state index contributed by atoms with van der Waals surface area (Å²) < 4.78 is 0. The van der Waals surface area contributed by atoms with Crippen molar-refractivity contribution in [3.8, 4) is 0 Å². The molecule has 0 fully saturated rings. The lowest BCUT2D eigenvalue weighted by molar-refractivity contribution is -0.143. The van der Waals surface area contributed by atoms with Gasteiger partial charge in [0.15, 0.2) is 0 Å². The first-order chi connectivity index (χ1) is 13.4. The largest absolute Gasteiger partial charge is 0.480 e. The van der Waals surface area contributed by atoms with Crippen LogP contribution in [0, 0.1) is 0 Å². The van der Waals surface area contributed by atoms with Gasteiger partial charge in [0, 0.05) is 24.7 Å². The number of aliphatic carboxylic acids is 1. The van der Waals surface area contributed by atoms with Crippen LogP contribution in [-0.4, -0.2) is 62.7 Å². The van der Waals surface area contributed by atoms with Crippen molar-refractivity contribution in [1.29, 1.82) is 0 Å². The lowest BCUT2D eigenvalue weighted by Gasteiger charge is -2.22. The van der Waals surface area contributed by atoms with Gasteiger partial charge in [-0.15, -0.1) is 0 Å². The van der Waals surface area contributed by atoms with Crippen LogP contribution in [0.4, 0.5) is 0 Å². The van der Waals surface area contributed by atoms with Crippen LogP contribution in [0.15, 0.2) is 42.9 Å². The van der Waals surface area contributed by atoms with Crippen molar-refractivity contribution in [3.05, 3.63) is 54.1 Å². The van der Waals surface area contributed by atoms with E-state index in [1.54, 1.807) is 30.5 Å². The monoisotopic (exact) mass is 389 g/mol. The number of nitrogens with one attached hydrogen (secondary N) is 3. The van der Waals surface area contributed by atoms with Crippen LogP contribution in [0.1, 0.15) is 11.3 Å². The number of nitrogens with zero attached hydrogens (tertiary/aromatic N) is 1. The lowest BCUT2D eigenvalue weighted by Crippen LogP contribution is -2.56. The van der Waals surface area contributed by atoms with E-state index in [4.69, 9.17) is 15.9 Å². The number of hydrogen-bond acceptors (Lipinski definition) is 6. The number of aliphatic hydroxyl groups excluding tert-OH is 1. The summed E-state index contributed by atoms with van der Waals surface area (Å²) in [5, 5.41) is 22.9. The van der Waals surface area contributed by atoms with Gasteiger partial charge in [0.25, 0.3) is 0 Å². The predicted octanol–water partition coefficient (Wildman–Crippen LogP) is -1.43. The number of aromatic amines is 1. The van der Waals surface area contributed by atoms with E-state index in [1.165, 1.54) is 6.33 Å². The van der Waals surface area contributed by atoms with Gasteiger partial charge in [-0.2, -0.15) is 0 Å². The highest BCUT2D eigenvalue weighted by molar-refractivity contribution is 5.92. The quantitative estimate of drug-likeness (QED) is 0.289. The standard InChI is InChI=1S/C18H23N5O5/c19-13(7-12-8-20-10-21-12)16(25)22-14(6-11-4-2-1-3-5-11)17(26)23-15(9-24)18(27)28/h1-5,8,10,13-15,24H,6-7,9,19H2,(H,20,21)(H,22,25)(H,23,26)(H,27,28). The Bertz CT molecular complexity index is 781. The van der Waals surface area contributed by atoms with Crippen molar-refractivity contribution >= 4 is 17.8 Å². The van der Waals surface area contributed by atoms with Gasteiger partial charge in [-0.05, 0) is 5.56 Å². The summed E-state index contributed by atoms with van der Waals surface area (Å²) in [6.07, 6.45) is 3.33. The molecule has 0 aliphatic rings. The second kappa shape index (κ2) is 10.2. The number of hydrogen-bond donors (Lipinski definition) is 6. The second-order valence-electron chi connectivity index (χ2n) is 6.22. The van der Waals surface area contributed by atoms with Gasteiger partial charge in [-0.3, -0.25) is 9.59 Å². The zero-order valence-corrected chi connectivity index (χ0v) is 15.0. The summed E-state index contributed by atoms with van der Waals surface area (Å²) in [6, 6.07) is 5.46. The molecule has 1 heterocycles. The molecule has 2 aromatic rings. The van der Waals surface area contributed by atoms with E-state index in [0.29, 0.717) is 5.69 Å². The van der Waals surface area contributed by atoms with E-state index in [9.17, 15) is 14.4 Å². The highest BCUT2D eigenvalue weighted by Crippen LogP contribution is 2.05. The van der Waals surface area contributed by atoms with Crippen molar-refractivity contribution in [2.75, 3.05) is 6.61 Å². The van der Waals surface area contributed by atoms with Crippen LogP contribution in [0.3, 0.4) is 0 Å². The summed E-state index contributed by atoms with van der Waals surface area (Å²) in [5.74, 6) is -2.68. The van der Waals surface area contributed by atoms with E-state index in [2.05, 4.69) is 20.6 Å². The fraction of sp³-hybridized carbons (Fsp3) is 0.333. The summed E-state index contributed by atoms with van der Waals surface area (Å²) in [6.45, 7) is -0.771. The summed E-state index contributed by atoms with van der Waals surface area (Å²) in [4.78, 5) is 42.7. The number of carbonyl (C=O) groups is 3. The smallest absolute Gasteiger partial charge is 0.328 e. The maximum absolute atomic E-state index is 12.5. The molecule has 0 saturated heterocycles. The summed E-state index contributed by atoms with van der Waals surface area (Å²) in [7, 11) is 0. The van der Waals surface area contributed by atoms with E-state index in [-0.39, 0.29) is 12.8 Å². The van der Waals surface area contributed by atoms with Crippen LogP contribution in [-0.2, 0) is 27.2 Å². The number of nitrogens with two attached hydrogens (primary N) is 1. The second-order valence-corrected chi connectivity index (χ2v) is 6.22. The van der Waals surface area contributed by atoms with Gasteiger partial charge in [0.1, 0.15) is 12.1 Å². The van der Waals surface area contributed by atoms with Crippen molar-refractivity contribution in [3.63, 3.8) is 0 Å². The van der Waals surface area contributed by atoms with Crippen molar-refractivity contribution in [2.24, 2.45) is 5.73 Å². The number of carboxylic acid groups (broad SMARTS) is 1. The molecule has 28 heavy (non-hydrogen) atoms. The van der Waals surface area contributed by atoms with Crippen LogP contribution in [0.25, 0.3) is 0 Å². The van der Waals surface area contributed by atoms with Gasteiger partial charge in [-0.1, -0.05) is 30.3 Å². The lowest BCUT2D eigenvalue weighted by atomic mass is 10.0. The normalized spacial score (nSPS) is 13.9. The number of carbonyl (C=O) groups excluding carboxylic acids is 2. The van der Waals surface area contributed by atoms with Gasteiger partial charge < -0.3 is 31.6 Å². The number of carboxylic acids is 1.